The molecule has 20 heavy (non-hydrogen) atoms. The van der Waals surface area contributed by atoms with Gasteiger partial charge in [-0.1, -0.05) is 12.1 Å². The Kier molecular flexibility index (Phi) is 4.45. The molecule has 0 spiro atoms. The SMILES string of the molecule is Cc1ncsc1C(C)NCc1ccc(C(F)(F)F)cc1. The van der Waals surface area contributed by atoms with Crippen LogP contribution in [0.2, 0.25) is 0 Å². The van der Waals surface area contributed by atoms with Crippen LogP contribution in [0.4, 0.5) is 13.2 Å². The number of hydrogen-bond donors (Lipinski definition) is 1. The van der Waals surface area contributed by atoms with Crippen molar-refractivity contribution in [2.45, 2.75) is 32.6 Å². The lowest BCUT2D eigenvalue weighted by Crippen LogP contribution is -2.18. The van der Waals surface area contributed by atoms with Crippen molar-refractivity contribution in [2.24, 2.45) is 0 Å². The third-order valence-electron chi connectivity index (χ3n) is 3.07. The lowest BCUT2D eigenvalue weighted by atomic mass is 10.1. The van der Waals surface area contributed by atoms with Crippen molar-refractivity contribution in [1.82, 2.24) is 10.3 Å². The number of rotatable bonds is 4. The van der Waals surface area contributed by atoms with Crippen LogP contribution < -0.4 is 5.32 Å². The quantitative estimate of drug-likeness (QED) is 0.909. The molecule has 0 saturated heterocycles. The molecule has 0 aliphatic rings. The van der Waals surface area contributed by atoms with Crippen LogP contribution in [0.1, 0.15) is 34.7 Å². The summed E-state index contributed by atoms with van der Waals surface area (Å²) in [6.07, 6.45) is -4.28. The number of aryl methyl sites for hydroxylation is 1. The van der Waals surface area contributed by atoms with Gasteiger partial charge in [0, 0.05) is 17.5 Å². The molecule has 1 heterocycles. The molecule has 0 aliphatic heterocycles. The fourth-order valence-corrected chi connectivity index (χ4v) is 2.74. The van der Waals surface area contributed by atoms with Crippen LogP contribution in [0.3, 0.4) is 0 Å². The molecule has 1 atom stereocenters. The highest BCUT2D eigenvalue weighted by atomic mass is 32.1. The van der Waals surface area contributed by atoms with Crippen molar-refractivity contribution in [1.29, 1.82) is 0 Å². The Morgan fingerprint density at radius 2 is 1.90 bits per heavy atom. The maximum atomic E-state index is 12.4. The van der Waals surface area contributed by atoms with E-state index in [2.05, 4.69) is 10.3 Å². The molecule has 0 bridgehead atoms. The van der Waals surface area contributed by atoms with Gasteiger partial charge in [0.15, 0.2) is 0 Å². The summed E-state index contributed by atoms with van der Waals surface area (Å²) >= 11 is 1.58. The highest BCUT2D eigenvalue weighted by Gasteiger charge is 2.29. The Labute approximate surface area is 119 Å². The van der Waals surface area contributed by atoms with E-state index in [0.717, 1.165) is 28.3 Å². The van der Waals surface area contributed by atoms with Gasteiger partial charge >= 0.3 is 6.18 Å². The molecule has 0 aliphatic carbocycles. The predicted molar refractivity (Wildman–Crippen MR) is 73.5 cm³/mol. The Morgan fingerprint density at radius 1 is 1.25 bits per heavy atom. The van der Waals surface area contributed by atoms with E-state index in [1.54, 1.807) is 16.8 Å². The molecule has 0 amide bonds. The number of nitrogens with zero attached hydrogens (tertiary/aromatic N) is 1. The first-order valence-electron chi connectivity index (χ1n) is 6.17. The first-order valence-corrected chi connectivity index (χ1v) is 7.05. The number of halogens is 3. The minimum absolute atomic E-state index is 0.129. The van der Waals surface area contributed by atoms with Crippen LogP contribution in [0.5, 0.6) is 0 Å². The highest BCUT2D eigenvalue weighted by molar-refractivity contribution is 7.09. The van der Waals surface area contributed by atoms with Gasteiger partial charge in [-0.2, -0.15) is 13.2 Å². The van der Waals surface area contributed by atoms with Crippen LogP contribution in [-0.2, 0) is 12.7 Å². The number of hydrogen-bond acceptors (Lipinski definition) is 3. The van der Waals surface area contributed by atoms with Gasteiger partial charge in [0.05, 0.1) is 16.8 Å². The third-order valence-corrected chi connectivity index (χ3v) is 4.18. The van der Waals surface area contributed by atoms with Crippen LogP contribution in [0.15, 0.2) is 29.8 Å². The van der Waals surface area contributed by atoms with Gasteiger partial charge in [0.1, 0.15) is 0 Å². The molecule has 1 aromatic heterocycles. The monoisotopic (exact) mass is 300 g/mol. The van der Waals surface area contributed by atoms with Crippen molar-refractivity contribution in [3.05, 3.63) is 51.5 Å². The predicted octanol–water partition coefficient (Wildman–Crippen LogP) is 4.32. The zero-order valence-corrected chi connectivity index (χ0v) is 12.0. The summed E-state index contributed by atoms with van der Waals surface area (Å²) in [5.74, 6) is 0. The maximum absolute atomic E-state index is 12.4. The van der Waals surface area contributed by atoms with Gasteiger partial charge < -0.3 is 5.32 Å². The minimum Gasteiger partial charge on any atom is -0.305 e. The zero-order chi connectivity index (χ0) is 14.8. The molecule has 1 aromatic carbocycles. The third kappa shape index (κ3) is 3.58. The molecule has 6 heteroatoms. The summed E-state index contributed by atoms with van der Waals surface area (Å²) in [5.41, 5.74) is 2.99. The van der Waals surface area contributed by atoms with E-state index >= 15 is 0 Å². The molecule has 2 rings (SSSR count). The van der Waals surface area contributed by atoms with Crippen LogP contribution in [-0.4, -0.2) is 4.98 Å². The normalized spacial score (nSPS) is 13.4. The van der Waals surface area contributed by atoms with E-state index in [-0.39, 0.29) is 6.04 Å². The van der Waals surface area contributed by atoms with E-state index in [1.807, 2.05) is 13.8 Å². The molecule has 0 saturated carbocycles. The molecule has 1 N–H and O–H groups in total. The van der Waals surface area contributed by atoms with Crippen molar-refractivity contribution in [2.75, 3.05) is 0 Å². The van der Waals surface area contributed by atoms with Gasteiger partial charge in [-0.3, -0.25) is 0 Å². The Hall–Kier alpha value is -1.40. The van der Waals surface area contributed by atoms with E-state index in [9.17, 15) is 13.2 Å². The Morgan fingerprint density at radius 3 is 2.40 bits per heavy atom. The van der Waals surface area contributed by atoms with E-state index < -0.39 is 11.7 Å². The number of nitrogens with one attached hydrogen (secondary N) is 1. The second-order valence-electron chi connectivity index (χ2n) is 4.60. The Balaban J connectivity index is 1.96. The molecule has 1 unspecified atom stereocenters. The standard InChI is InChI=1S/C14H15F3N2S/c1-9(13-10(2)19-8-20-13)18-7-11-3-5-12(6-4-11)14(15,16)17/h3-6,8-9,18H,7H2,1-2H3. The summed E-state index contributed by atoms with van der Waals surface area (Å²) < 4.78 is 37.3. The number of benzene rings is 1. The lowest BCUT2D eigenvalue weighted by molar-refractivity contribution is -0.137. The molecule has 2 aromatic rings. The number of aromatic nitrogens is 1. The summed E-state index contributed by atoms with van der Waals surface area (Å²) in [6, 6.07) is 5.36. The molecule has 0 radical (unpaired) electrons. The van der Waals surface area contributed by atoms with Crippen molar-refractivity contribution < 1.29 is 13.2 Å². The van der Waals surface area contributed by atoms with Crippen LogP contribution >= 0.6 is 11.3 Å². The second kappa shape index (κ2) is 5.93. The van der Waals surface area contributed by atoms with Crippen molar-refractivity contribution in [3.63, 3.8) is 0 Å². The van der Waals surface area contributed by atoms with Gasteiger partial charge in [0.2, 0.25) is 0 Å². The van der Waals surface area contributed by atoms with E-state index in [4.69, 9.17) is 0 Å². The second-order valence-corrected chi connectivity index (χ2v) is 5.49. The fraction of sp³-hybridized carbons (Fsp3) is 0.357. The number of alkyl halides is 3. The molecular weight excluding hydrogens is 285 g/mol. The lowest BCUT2D eigenvalue weighted by Gasteiger charge is -2.13. The average molecular weight is 300 g/mol. The van der Waals surface area contributed by atoms with Gasteiger partial charge in [-0.05, 0) is 31.5 Å². The summed E-state index contributed by atoms with van der Waals surface area (Å²) in [4.78, 5) is 5.33. The molecule has 0 fully saturated rings. The first-order chi connectivity index (χ1) is 9.38. The smallest absolute Gasteiger partial charge is 0.305 e. The first kappa shape index (κ1) is 15.0. The van der Waals surface area contributed by atoms with E-state index in [1.165, 1.54) is 12.1 Å². The average Bonchev–Trinajstić information content (AvgIpc) is 2.82. The van der Waals surface area contributed by atoms with Gasteiger partial charge in [-0.15, -0.1) is 11.3 Å². The van der Waals surface area contributed by atoms with Crippen LogP contribution in [0.25, 0.3) is 0 Å². The maximum Gasteiger partial charge on any atom is 0.416 e. The van der Waals surface area contributed by atoms with Crippen molar-refractivity contribution >= 4 is 11.3 Å². The van der Waals surface area contributed by atoms with Gasteiger partial charge in [-0.25, -0.2) is 4.98 Å². The minimum atomic E-state index is -4.28. The fourth-order valence-electron chi connectivity index (χ4n) is 1.90. The Bertz CT molecular complexity index is 561. The van der Waals surface area contributed by atoms with Crippen molar-refractivity contribution in [3.8, 4) is 0 Å². The molecule has 2 nitrogen and oxygen atoms in total. The summed E-state index contributed by atoms with van der Waals surface area (Å²) in [7, 11) is 0. The summed E-state index contributed by atoms with van der Waals surface area (Å²) in [5, 5.41) is 3.29. The van der Waals surface area contributed by atoms with E-state index in [0.29, 0.717) is 6.54 Å². The number of thiazole rings is 1. The van der Waals surface area contributed by atoms with Gasteiger partial charge in [0.25, 0.3) is 0 Å². The molecule has 108 valence electrons. The zero-order valence-electron chi connectivity index (χ0n) is 11.2. The summed E-state index contributed by atoms with van der Waals surface area (Å²) in [6.45, 7) is 4.49. The highest BCUT2D eigenvalue weighted by Crippen LogP contribution is 2.29. The topological polar surface area (TPSA) is 24.9 Å². The molecular formula is C14H15F3N2S. The largest absolute Gasteiger partial charge is 0.416 e. The van der Waals surface area contributed by atoms with Crippen LogP contribution in [0, 0.1) is 6.92 Å².